The molecule has 0 saturated carbocycles. The van der Waals surface area contributed by atoms with Gasteiger partial charge in [0.2, 0.25) is 0 Å². The lowest BCUT2D eigenvalue weighted by Gasteiger charge is -2.33. The highest BCUT2D eigenvalue weighted by molar-refractivity contribution is 6.00. The van der Waals surface area contributed by atoms with Crippen LogP contribution in [0, 0.1) is 0 Å². The summed E-state index contributed by atoms with van der Waals surface area (Å²) in [5.74, 6) is 0.924. The van der Waals surface area contributed by atoms with Crippen LogP contribution >= 0.6 is 0 Å². The molecule has 1 aliphatic rings. The number of oxime groups is 1. The summed E-state index contributed by atoms with van der Waals surface area (Å²) in [5, 5.41) is 4.05. The maximum Gasteiger partial charge on any atom is 0.119 e. The minimum Gasteiger partial charge on any atom is -0.494 e. The SMILES string of the molecule is CC/C(=N/OC)c1ccc(OCCCN2CCCCC2C)cc1. The Kier molecular flexibility index (Phi) is 7.40. The number of piperidine rings is 1. The van der Waals surface area contributed by atoms with Crippen LogP contribution in [-0.4, -0.2) is 43.5 Å². The van der Waals surface area contributed by atoms with Crippen molar-refractivity contribution in [3.63, 3.8) is 0 Å². The largest absolute Gasteiger partial charge is 0.494 e. The van der Waals surface area contributed by atoms with Gasteiger partial charge >= 0.3 is 0 Å². The predicted molar refractivity (Wildman–Crippen MR) is 95.3 cm³/mol. The summed E-state index contributed by atoms with van der Waals surface area (Å²) in [6.07, 6.45) is 5.99. The van der Waals surface area contributed by atoms with E-state index < -0.39 is 0 Å². The van der Waals surface area contributed by atoms with E-state index >= 15 is 0 Å². The second-order valence-corrected chi connectivity index (χ2v) is 6.18. The Morgan fingerprint density at radius 1 is 1.26 bits per heavy atom. The van der Waals surface area contributed by atoms with Gasteiger partial charge in [-0.3, -0.25) is 0 Å². The third-order valence-corrected chi connectivity index (χ3v) is 4.52. The number of ether oxygens (including phenoxy) is 1. The third-order valence-electron chi connectivity index (χ3n) is 4.52. The van der Waals surface area contributed by atoms with Gasteiger partial charge in [-0.05, 0) is 69.0 Å². The van der Waals surface area contributed by atoms with Crippen LogP contribution in [0.25, 0.3) is 0 Å². The van der Waals surface area contributed by atoms with Crippen LogP contribution in [0.15, 0.2) is 29.4 Å². The molecule has 0 N–H and O–H groups in total. The summed E-state index contributed by atoms with van der Waals surface area (Å²) < 4.78 is 5.86. The van der Waals surface area contributed by atoms with E-state index in [1.807, 2.05) is 24.3 Å². The second-order valence-electron chi connectivity index (χ2n) is 6.18. The van der Waals surface area contributed by atoms with E-state index in [2.05, 4.69) is 23.9 Å². The number of nitrogens with zero attached hydrogens (tertiary/aromatic N) is 2. The fourth-order valence-corrected chi connectivity index (χ4v) is 3.12. The van der Waals surface area contributed by atoms with E-state index in [0.29, 0.717) is 0 Å². The van der Waals surface area contributed by atoms with Crippen LogP contribution in [0.5, 0.6) is 5.75 Å². The number of hydrogen-bond donors (Lipinski definition) is 0. The molecule has 0 radical (unpaired) electrons. The van der Waals surface area contributed by atoms with Crippen molar-refractivity contribution in [2.24, 2.45) is 5.16 Å². The summed E-state index contributed by atoms with van der Waals surface area (Å²) in [7, 11) is 1.58. The fraction of sp³-hybridized carbons (Fsp3) is 0.632. The van der Waals surface area contributed by atoms with Crippen molar-refractivity contribution in [2.75, 3.05) is 26.8 Å². The molecule has 1 fully saturated rings. The average molecular weight is 318 g/mol. The number of benzene rings is 1. The number of rotatable bonds is 8. The molecule has 0 spiro atoms. The molecular weight excluding hydrogens is 288 g/mol. The van der Waals surface area contributed by atoms with Gasteiger partial charge in [-0.15, -0.1) is 0 Å². The zero-order valence-corrected chi connectivity index (χ0v) is 14.8. The molecule has 1 unspecified atom stereocenters. The maximum absolute atomic E-state index is 5.86. The molecule has 1 aromatic carbocycles. The van der Waals surface area contributed by atoms with Gasteiger partial charge in [0.1, 0.15) is 12.9 Å². The first-order valence-corrected chi connectivity index (χ1v) is 8.82. The molecule has 23 heavy (non-hydrogen) atoms. The summed E-state index contributed by atoms with van der Waals surface area (Å²) in [6, 6.07) is 8.85. The van der Waals surface area contributed by atoms with Gasteiger partial charge in [0.05, 0.1) is 12.3 Å². The Hall–Kier alpha value is -1.55. The molecule has 1 heterocycles. The van der Waals surface area contributed by atoms with Crippen molar-refractivity contribution in [1.82, 2.24) is 4.90 Å². The van der Waals surface area contributed by atoms with E-state index in [9.17, 15) is 0 Å². The van der Waals surface area contributed by atoms with Gasteiger partial charge in [0.15, 0.2) is 0 Å². The summed E-state index contributed by atoms with van der Waals surface area (Å²) in [4.78, 5) is 7.47. The van der Waals surface area contributed by atoms with Crippen LogP contribution in [0.2, 0.25) is 0 Å². The first-order valence-electron chi connectivity index (χ1n) is 8.82. The molecule has 1 aliphatic heterocycles. The molecule has 4 nitrogen and oxygen atoms in total. The van der Waals surface area contributed by atoms with Crippen LogP contribution in [0.1, 0.15) is 51.5 Å². The fourth-order valence-electron chi connectivity index (χ4n) is 3.12. The van der Waals surface area contributed by atoms with Gasteiger partial charge in [0, 0.05) is 12.6 Å². The molecule has 0 aromatic heterocycles. The van der Waals surface area contributed by atoms with Gasteiger partial charge in [0.25, 0.3) is 0 Å². The third kappa shape index (κ3) is 5.54. The summed E-state index contributed by atoms with van der Waals surface area (Å²) in [6.45, 7) is 7.57. The van der Waals surface area contributed by atoms with Crippen molar-refractivity contribution < 1.29 is 9.57 Å². The minimum atomic E-state index is 0.732. The maximum atomic E-state index is 5.86. The van der Waals surface area contributed by atoms with E-state index in [4.69, 9.17) is 9.57 Å². The quantitative estimate of drug-likeness (QED) is 0.411. The lowest BCUT2D eigenvalue weighted by molar-refractivity contribution is 0.148. The topological polar surface area (TPSA) is 34.1 Å². The molecule has 0 amide bonds. The zero-order valence-electron chi connectivity index (χ0n) is 14.8. The summed E-state index contributed by atoms with van der Waals surface area (Å²) >= 11 is 0. The van der Waals surface area contributed by atoms with Gasteiger partial charge < -0.3 is 14.5 Å². The molecule has 2 rings (SSSR count). The van der Waals surface area contributed by atoms with Gasteiger partial charge in [-0.25, -0.2) is 0 Å². The van der Waals surface area contributed by atoms with Crippen LogP contribution in [0.3, 0.4) is 0 Å². The standard InChI is InChI=1S/C19H30N2O2/c1-4-19(20-22-3)17-9-11-18(12-10-17)23-15-7-14-21-13-6-5-8-16(21)2/h9-12,16H,4-8,13-15H2,1-3H3/b20-19-. The monoisotopic (exact) mass is 318 g/mol. The molecule has 128 valence electrons. The molecule has 1 saturated heterocycles. The normalized spacial score (nSPS) is 19.6. The first kappa shape index (κ1) is 17.8. The van der Waals surface area contributed by atoms with E-state index in [-0.39, 0.29) is 0 Å². The molecular formula is C19H30N2O2. The van der Waals surface area contributed by atoms with Crippen molar-refractivity contribution in [3.05, 3.63) is 29.8 Å². The molecule has 1 atom stereocenters. The second kappa shape index (κ2) is 9.56. The Bertz CT molecular complexity index is 485. The number of hydrogen-bond acceptors (Lipinski definition) is 4. The van der Waals surface area contributed by atoms with Crippen molar-refractivity contribution in [3.8, 4) is 5.75 Å². The summed E-state index contributed by atoms with van der Waals surface area (Å²) in [5.41, 5.74) is 2.04. The molecule has 0 aliphatic carbocycles. The van der Waals surface area contributed by atoms with E-state index in [1.165, 1.54) is 25.8 Å². The Balaban J connectivity index is 1.74. The molecule has 0 bridgehead atoms. The predicted octanol–water partition coefficient (Wildman–Crippen LogP) is 4.09. The Morgan fingerprint density at radius 3 is 2.70 bits per heavy atom. The molecule has 1 aromatic rings. The highest BCUT2D eigenvalue weighted by Gasteiger charge is 2.17. The van der Waals surface area contributed by atoms with Crippen LogP contribution in [0.4, 0.5) is 0 Å². The zero-order chi connectivity index (χ0) is 16.5. The van der Waals surface area contributed by atoms with E-state index in [1.54, 1.807) is 7.11 Å². The average Bonchev–Trinajstić information content (AvgIpc) is 2.59. The Labute approximate surface area is 140 Å². The highest BCUT2D eigenvalue weighted by atomic mass is 16.6. The first-order chi connectivity index (χ1) is 11.2. The Morgan fingerprint density at radius 2 is 2.04 bits per heavy atom. The number of likely N-dealkylation sites (tertiary alicyclic amines) is 1. The highest BCUT2D eigenvalue weighted by Crippen LogP contribution is 2.17. The lowest BCUT2D eigenvalue weighted by atomic mass is 10.0. The smallest absolute Gasteiger partial charge is 0.119 e. The van der Waals surface area contributed by atoms with Crippen LogP contribution < -0.4 is 4.74 Å². The van der Waals surface area contributed by atoms with Crippen molar-refractivity contribution in [1.29, 1.82) is 0 Å². The van der Waals surface area contributed by atoms with Gasteiger partial charge in [-0.1, -0.05) is 18.5 Å². The van der Waals surface area contributed by atoms with Gasteiger partial charge in [-0.2, -0.15) is 0 Å². The van der Waals surface area contributed by atoms with E-state index in [0.717, 1.165) is 49.1 Å². The van der Waals surface area contributed by atoms with Crippen molar-refractivity contribution >= 4 is 5.71 Å². The minimum absolute atomic E-state index is 0.732. The van der Waals surface area contributed by atoms with Crippen LogP contribution in [-0.2, 0) is 4.84 Å². The molecule has 4 heteroatoms. The lowest BCUT2D eigenvalue weighted by Crippen LogP contribution is -2.38. The van der Waals surface area contributed by atoms with Crippen molar-refractivity contribution in [2.45, 2.75) is 52.0 Å².